The number of nitrogens with one attached hydrogen (secondary N) is 3. The van der Waals surface area contributed by atoms with Crippen LogP contribution in [0.4, 0.5) is 5.69 Å². The van der Waals surface area contributed by atoms with Gasteiger partial charge < -0.3 is 27.0 Å². The van der Waals surface area contributed by atoms with Crippen LogP contribution in [0.1, 0.15) is 31.2 Å². The number of fused-ring (bicyclic) bond motifs is 1. The molecular weight excluding hydrogens is 480 g/mol. The van der Waals surface area contributed by atoms with Gasteiger partial charge in [0.1, 0.15) is 11.7 Å². The molecule has 0 aliphatic heterocycles. The minimum absolute atomic E-state index is 0.143. The van der Waals surface area contributed by atoms with E-state index in [0.29, 0.717) is 44.6 Å². The molecule has 0 fully saturated rings. The third kappa shape index (κ3) is 8.57. The van der Waals surface area contributed by atoms with E-state index in [-0.39, 0.29) is 18.2 Å². The zero-order chi connectivity index (χ0) is 27.3. The number of quaternary nitrogens is 1. The minimum Gasteiger partial charge on any atom is -0.356 e. The molecule has 9 nitrogen and oxygen atoms in total. The lowest BCUT2D eigenvalue weighted by molar-refractivity contribution is -0.368. The van der Waals surface area contributed by atoms with Crippen molar-refractivity contribution in [2.24, 2.45) is 5.73 Å². The fraction of sp³-hybridized carbons (Fsp3) is 0.345. The van der Waals surface area contributed by atoms with Crippen molar-refractivity contribution in [1.29, 1.82) is 0 Å². The lowest BCUT2D eigenvalue weighted by atomic mass is 10.0. The molecular formula is C29H39N6O3+3. The summed E-state index contributed by atoms with van der Waals surface area (Å²) in [6, 6.07) is 17.4. The molecule has 2 atom stereocenters. The van der Waals surface area contributed by atoms with E-state index >= 15 is 0 Å². The number of aryl methyl sites for hydroxylation is 1. The lowest BCUT2D eigenvalue weighted by Gasteiger charge is -2.24. The number of nitrogens with two attached hydrogens (primary N) is 1. The number of carbonyl (C=O) groups is 3. The number of rotatable bonds is 14. The van der Waals surface area contributed by atoms with Gasteiger partial charge in [0.2, 0.25) is 23.2 Å². The van der Waals surface area contributed by atoms with Crippen molar-refractivity contribution in [1.82, 2.24) is 10.2 Å². The van der Waals surface area contributed by atoms with Crippen molar-refractivity contribution in [2.75, 3.05) is 25.0 Å². The number of H-pyrrole nitrogens is 1. The van der Waals surface area contributed by atoms with Crippen molar-refractivity contribution in [3.63, 3.8) is 0 Å². The Hall–Kier alpha value is -3.95. The van der Waals surface area contributed by atoms with Crippen LogP contribution in [-0.4, -0.2) is 54.3 Å². The van der Waals surface area contributed by atoms with E-state index in [9.17, 15) is 14.4 Å². The second-order valence-corrected chi connectivity index (χ2v) is 9.30. The number of unbranched alkanes of at least 4 members (excludes halogenated alkanes) is 1. The van der Waals surface area contributed by atoms with Gasteiger partial charge in [-0.1, -0.05) is 42.5 Å². The largest absolute Gasteiger partial charge is 0.356 e. The van der Waals surface area contributed by atoms with Crippen LogP contribution in [0, 0.1) is 6.92 Å². The van der Waals surface area contributed by atoms with Gasteiger partial charge in [-0.15, -0.1) is 0 Å². The summed E-state index contributed by atoms with van der Waals surface area (Å²) in [5.41, 5.74) is 12.5. The Morgan fingerprint density at radius 2 is 1.76 bits per heavy atom. The summed E-state index contributed by atoms with van der Waals surface area (Å²) in [5, 5.41) is 6.63. The van der Waals surface area contributed by atoms with Gasteiger partial charge in [-0.25, -0.2) is 4.98 Å². The highest BCUT2D eigenvalue weighted by Gasteiger charge is 2.27. The fourth-order valence-corrected chi connectivity index (χ4v) is 4.19. The van der Waals surface area contributed by atoms with Gasteiger partial charge in [0.15, 0.2) is 6.20 Å². The van der Waals surface area contributed by atoms with Gasteiger partial charge in [-0.05, 0) is 30.5 Å². The molecule has 8 N–H and O–H groups in total. The first-order valence-electron chi connectivity index (χ1n) is 13.1. The van der Waals surface area contributed by atoms with Gasteiger partial charge in [-0.2, -0.15) is 0 Å². The number of hydrogen-bond donors (Lipinski definition) is 4. The zero-order valence-corrected chi connectivity index (χ0v) is 21.8. The second kappa shape index (κ2) is 14.7. The van der Waals surface area contributed by atoms with Gasteiger partial charge in [0.05, 0.1) is 38.9 Å². The highest BCUT2D eigenvalue weighted by atomic mass is 16.2. The number of anilines is 1. The van der Waals surface area contributed by atoms with E-state index in [0.717, 1.165) is 22.9 Å². The Labute approximate surface area is 224 Å². The smallest absolute Gasteiger partial charge is 0.247 e. The molecule has 9 heteroatoms. The molecule has 38 heavy (non-hydrogen) atoms. The molecule has 0 aliphatic rings. The number of nitrogens with zero attached hydrogens (tertiary/aromatic N) is 1. The molecule has 3 aromatic rings. The molecule has 0 spiro atoms. The van der Waals surface area contributed by atoms with Crippen LogP contribution in [0.15, 0.2) is 66.9 Å². The number of aromatic nitrogens is 1. The Kier molecular flexibility index (Phi) is 11.1. The Bertz CT molecular complexity index is 1200. The SMILES string of the molecule is [CH2+]CCCN(CC[NH3+])C(=O)CC(N)C(=O)NC(CCc1ccccc1)C(=O)Nc1c[nH+]c2ccccc2c1. The van der Waals surface area contributed by atoms with Gasteiger partial charge in [-0.3, -0.25) is 14.4 Å². The maximum absolute atomic E-state index is 13.3. The number of aromatic amines is 1. The number of pyridine rings is 1. The van der Waals surface area contributed by atoms with Crippen LogP contribution >= 0.6 is 0 Å². The molecule has 0 saturated heterocycles. The van der Waals surface area contributed by atoms with Gasteiger partial charge in [0.25, 0.3) is 0 Å². The minimum atomic E-state index is -1.07. The first-order chi connectivity index (χ1) is 18.4. The van der Waals surface area contributed by atoms with Crippen LogP contribution in [-0.2, 0) is 20.8 Å². The predicted octanol–water partition coefficient (Wildman–Crippen LogP) is 1.11. The number of hydrogen-bond acceptors (Lipinski definition) is 4. The van der Waals surface area contributed by atoms with Gasteiger partial charge >= 0.3 is 0 Å². The molecule has 1 aromatic heterocycles. The van der Waals surface area contributed by atoms with E-state index in [1.807, 2.05) is 60.7 Å². The van der Waals surface area contributed by atoms with Crippen molar-refractivity contribution < 1.29 is 25.1 Å². The van der Waals surface area contributed by atoms with Crippen LogP contribution in [0.2, 0.25) is 0 Å². The van der Waals surface area contributed by atoms with Crippen molar-refractivity contribution in [3.8, 4) is 0 Å². The summed E-state index contributed by atoms with van der Waals surface area (Å²) in [4.78, 5) is 43.9. The quantitative estimate of drug-likeness (QED) is 0.236. The van der Waals surface area contributed by atoms with E-state index in [4.69, 9.17) is 5.73 Å². The van der Waals surface area contributed by atoms with E-state index in [2.05, 4.69) is 28.3 Å². The third-order valence-corrected chi connectivity index (χ3v) is 6.31. The molecule has 0 saturated carbocycles. The molecule has 0 aliphatic carbocycles. The summed E-state index contributed by atoms with van der Waals surface area (Å²) in [5.74, 6) is -1.10. The molecule has 0 radical (unpaired) electrons. The van der Waals surface area contributed by atoms with Crippen LogP contribution in [0.25, 0.3) is 10.9 Å². The molecule has 2 aromatic carbocycles. The van der Waals surface area contributed by atoms with Crippen molar-refractivity contribution in [2.45, 2.75) is 44.2 Å². The molecule has 3 rings (SSSR count). The monoisotopic (exact) mass is 519 g/mol. The molecule has 3 amide bonds. The third-order valence-electron chi connectivity index (χ3n) is 6.31. The highest BCUT2D eigenvalue weighted by molar-refractivity contribution is 5.99. The maximum Gasteiger partial charge on any atom is 0.247 e. The summed E-state index contributed by atoms with van der Waals surface area (Å²) in [6.07, 6.45) is 4.00. The average Bonchev–Trinajstić information content (AvgIpc) is 2.93. The second-order valence-electron chi connectivity index (χ2n) is 9.30. The number of carbonyl (C=O) groups excluding carboxylic acids is 3. The first kappa shape index (κ1) is 28.6. The average molecular weight is 520 g/mol. The zero-order valence-electron chi connectivity index (χ0n) is 21.8. The maximum atomic E-state index is 13.3. The lowest BCUT2D eigenvalue weighted by Crippen LogP contribution is -2.56. The highest BCUT2D eigenvalue weighted by Crippen LogP contribution is 2.15. The van der Waals surface area contributed by atoms with Gasteiger partial charge in [0, 0.05) is 24.4 Å². The van der Waals surface area contributed by atoms with Crippen LogP contribution in [0.3, 0.4) is 0 Å². The molecule has 1 heterocycles. The van der Waals surface area contributed by atoms with E-state index in [1.165, 1.54) is 0 Å². The first-order valence-corrected chi connectivity index (χ1v) is 13.1. The number of benzene rings is 2. The van der Waals surface area contributed by atoms with Crippen LogP contribution < -0.4 is 27.1 Å². The van der Waals surface area contributed by atoms with E-state index in [1.54, 1.807) is 11.1 Å². The molecule has 2 unspecified atom stereocenters. The van der Waals surface area contributed by atoms with E-state index < -0.39 is 18.0 Å². The Morgan fingerprint density at radius 1 is 1.03 bits per heavy atom. The van der Waals surface area contributed by atoms with Crippen molar-refractivity contribution >= 4 is 34.3 Å². The van der Waals surface area contributed by atoms with Crippen LogP contribution in [0.5, 0.6) is 0 Å². The Balaban J connectivity index is 1.68. The summed E-state index contributed by atoms with van der Waals surface area (Å²) in [7, 11) is 0. The normalized spacial score (nSPS) is 12.5. The van der Waals surface area contributed by atoms with Crippen molar-refractivity contribution in [3.05, 3.63) is 79.3 Å². The Morgan fingerprint density at radius 3 is 2.50 bits per heavy atom. The fourth-order valence-electron chi connectivity index (χ4n) is 4.19. The summed E-state index contributed by atoms with van der Waals surface area (Å²) < 4.78 is 0. The predicted molar refractivity (Wildman–Crippen MR) is 147 cm³/mol. The summed E-state index contributed by atoms with van der Waals surface area (Å²) >= 11 is 0. The molecule has 200 valence electrons. The summed E-state index contributed by atoms with van der Waals surface area (Å²) in [6.45, 7) is 5.44. The number of para-hydroxylation sites is 1. The number of amides is 3. The topological polar surface area (TPSA) is 146 Å². The standard InChI is InChI=1S/C29H36N6O3/c1-2-3-16-35(17-15-30)27(36)19-24(31)28(37)34-26(14-13-21-9-5-4-6-10-21)29(38)33-23-18-22-11-7-8-12-25(22)32-20-23/h4-12,18,20,24,26H,1-3,13-17,19,30-31H2,(H-,33,34,37,38)/p+3. The molecule has 0 bridgehead atoms.